The Morgan fingerprint density at radius 2 is 2.39 bits per heavy atom. The lowest BCUT2D eigenvalue weighted by Crippen LogP contribution is -2.17. The lowest BCUT2D eigenvalue weighted by atomic mass is 10.2. The van der Waals surface area contributed by atoms with Gasteiger partial charge in [-0.1, -0.05) is 5.16 Å². The molecule has 1 aliphatic rings. The van der Waals surface area contributed by atoms with Gasteiger partial charge in [0.15, 0.2) is 5.82 Å². The van der Waals surface area contributed by atoms with Crippen molar-refractivity contribution in [3.05, 3.63) is 35.7 Å². The van der Waals surface area contributed by atoms with Crippen LogP contribution >= 0.6 is 0 Å². The summed E-state index contributed by atoms with van der Waals surface area (Å²) in [5.41, 5.74) is 1.23. The molecule has 2 aromatic rings. The van der Waals surface area contributed by atoms with Gasteiger partial charge >= 0.3 is 0 Å². The Kier molecular flexibility index (Phi) is 2.91. The predicted octanol–water partition coefficient (Wildman–Crippen LogP) is 2.08. The predicted molar refractivity (Wildman–Crippen MR) is 67.3 cm³/mol. The molecule has 0 spiro atoms. The van der Waals surface area contributed by atoms with E-state index in [9.17, 15) is 0 Å². The van der Waals surface area contributed by atoms with Gasteiger partial charge in [-0.25, -0.2) is 0 Å². The molecule has 0 saturated heterocycles. The molecular weight excluding hydrogens is 228 g/mol. The highest BCUT2D eigenvalue weighted by atomic mass is 16.5. The van der Waals surface area contributed by atoms with Gasteiger partial charge in [0.25, 0.3) is 0 Å². The summed E-state index contributed by atoms with van der Waals surface area (Å²) in [7, 11) is 1.96. The number of nitrogens with one attached hydrogen (secondary N) is 1. The van der Waals surface area contributed by atoms with Crippen LogP contribution in [0.2, 0.25) is 0 Å². The Labute approximate surface area is 106 Å². The maximum atomic E-state index is 5.31. The number of hydrogen-bond acceptors (Lipinski definition) is 4. The number of hydrogen-bond donors (Lipinski definition) is 1. The molecule has 1 aliphatic carbocycles. The van der Waals surface area contributed by atoms with Gasteiger partial charge in [0, 0.05) is 23.9 Å². The first-order chi connectivity index (χ1) is 8.78. The summed E-state index contributed by atoms with van der Waals surface area (Å²) >= 11 is 0. The Morgan fingerprint density at radius 3 is 3.11 bits per heavy atom. The highest BCUT2D eigenvalue weighted by Gasteiger charge is 2.28. The van der Waals surface area contributed by atoms with E-state index in [4.69, 9.17) is 4.52 Å². The molecule has 1 N–H and O–H groups in total. The standard InChI is InChI=1S/C13H18N4O/c1-9(14-2)11-4-3-7-17(11)8-12-15-13(16-18-12)10-5-6-10/h3-4,7,9-10,14H,5-6,8H2,1-2H3. The molecule has 96 valence electrons. The van der Waals surface area contributed by atoms with Crippen molar-refractivity contribution >= 4 is 0 Å². The third-order valence-electron chi connectivity index (χ3n) is 3.47. The second-order valence-electron chi connectivity index (χ2n) is 4.89. The molecule has 1 atom stereocenters. The van der Waals surface area contributed by atoms with Crippen molar-refractivity contribution in [2.24, 2.45) is 0 Å². The zero-order chi connectivity index (χ0) is 12.5. The minimum atomic E-state index is 0.311. The van der Waals surface area contributed by atoms with Crippen LogP contribution in [0.15, 0.2) is 22.9 Å². The topological polar surface area (TPSA) is 55.9 Å². The highest BCUT2D eigenvalue weighted by molar-refractivity contribution is 5.12. The van der Waals surface area contributed by atoms with Gasteiger partial charge in [0.05, 0.1) is 0 Å². The van der Waals surface area contributed by atoms with Crippen molar-refractivity contribution in [2.45, 2.75) is 38.3 Å². The molecule has 0 radical (unpaired) electrons. The van der Waals surface area contributed by atoms with Crippen molar-refractivity contribution in [1.29, 1.82) is 0 Å². The monoisotopic (exact) mass is 246 g/mol. The van der Waals surface area contributed by atoms with Crippen LogP contribution in [0.4, 0.5) is 0 Å². The fourth-order valence-corrected chi connectivity index (χ4v) is 2.10. The number of aromatic nitrogens is 3. The second kappa shape index (κ2) is 4.57. The first-order valence-electron chi connectivity index (χ1n) is 6.42. The largest absolute Gasteiger partial charge is 0.341 e. The Morgan fingerprint density at radius 1 is 1.56 bits per heavy atom. The van der Waals surface area contributed by atoms with Crippen LogP contribution in [0.1, 0.15) is 49.1 Å². The van der Waals surface area contributed by atoms with E-state index in [0.717, 1.165) is 5.82 Å². The minimum Gasteiger partial charge on any atom is -0.341 e. The maximum absolute atomic E-state index is 5.31. The molecule has 0 amide bonds. The highest BCUT2D eigenvalue weighted by Crippen LogP contribution is 2.38. The summed E-state index contributed by atoms with van der Waals surface area (Å²) in [6.07, 6.45) is 4.44. The van der Waals surface area contributed by atoms with Crippen molar-refractivity contribution in [2.75, 3.05) is 7.05 Å². The summed E-state index contributed by atoms with van der Waals surface area (Å²) in [5, 5.41) is 7.28. The van der Waals surface area contributed by atoms with E-state index in [-0.39, 0.29) is 0 Å². The van der Waals surface area contributed by atoms with Crippen molar-refractivity contribution in [1.82, 2.24) is 20.0 Å². The van der Waals surface area contributed by atoms with E-state index in [1.54, 1.807) is 0 Å². The van der Waals surface area contributed by atoms with Gasteiger partial charge in [-0.05, 0) is 38.9 Å². The Bertz CT molecular complexity index is 527. The Hall–Kier alpha value is -1.62. The smallest absolute Gasteiger partial charge is 0.246 e. The van der Waals surface area contributed by atoms with Gasteiger partial charge in [-0.3, -0.25) is 0 Å². The number of nitrogens with zero attached hydrogens (tertiary/aromatic N) is 3. The van der Waals surface area contributed by atoms with Crippen molar-refractivity contribution in [3.63, 3.8) is 0 Å². The molecule has 0 aliphatic heterocycles. The average Bonchev–Trinajstić information content (AvgIpc) is 2.96. The molecule has 0 bridgehead atoms. The van der Waals surface area contributed by atoms with Crippen LogP contribution in [0, 0.1) is 0 Å². The molecule has 0 aromatic carbocycles. The second-order valence-corrected chi connectivity index (χ2v) is 4.89. The molecule has 1 unspecified atom stereocenters. The molecule has 5 heteroatoms. The fraction of sp³-hybridized carbons (Fsp3) is 0.538. The first-order valence-corrected chi connectivity index (χ1v) is 6.42. The average molecular weight is 246 g/mol. The third-order valence-corrected chi connectivity index (χ3v) is 3.47. The van der Waals surface area contributed by atoms with E-state index in [1.807, 2.05) is 19.3 Å². The summed E-state index contributed by atoms with van der Waals surface area (Å²) in [6, 6.07) is 4.46. The minimum absolute atomic E-state index is 0.311. The van der Waals surface area contributed by atoms with Crippen LogP contribution in [0.5, 0.6) is 0 Å². The third kappa shape index (κ3) is 2.18. The molecule has 2 aromatic heterocycles. The lowest BCUT2D eigenvalue weighted by molar-refractivity contribution is 0.363. The van der Waals surface area contributed by atoms with Gasteiger partial charge in [0.1, 0.15) is 6.54 Å². The van der Waals surface area contributed by atoms with Gasteiger partial charge in [0.2, 0.25) is 5.89 Å². The van der Waals surface area contributed by atoms with Gasteiger partial charge < -0.3 is 14.4 Å². The van der Waals surface area contributed by atoms with Crippen molar-refractivity contribution in [3.8, 4) is 0 Å². The number of rotatable bonds is 5. The van der Waals surface area contributed by atoms with E-state index in [1.165, 1.54) is 18.5 Å². The van der Waals surface area contributed by atoms with Crippen LogP contribution in [0.25, 0.3) is 0 Å². The maximum Gasteiger partial charge on any atom is 0.246 e. The summed E-state index contributed by atoms with van der Waals surface area (Å²) in [4.78, 5) is 4.45. The summed E-state index contributed by atoms with van der Waals surface area (Å²) < 4.78 is 7.45. The van der Waals surface area contributed by atoms with E-state index in [2.05, 4.69) is 33.0 Å². The van der Waals surface area contributed by atoms with Crippen LogP contribution in [-0.2, 0) is 6.54 Å². The lowest BCUT2D eigenvalue weighted by Gasteiger charge is -2.13. The SMILES string of the molecule is CNC(C)c1cccn1Cc1nc(C2CC2)no1. The van der Waals surface area contributed by atoms with E-state index < -0.39 is 0 Å². The molecular formula is C13H18N4O. The van der Waals surface area contributed by atoms with Crippen LogP contribution in [-0.4, -0.2) is 21.8 Å². The van der Waals surface area contributed by atoms with E-state index >= 15 is 0 Å². The molecule has 18 heavy (non-hydrogen) atoms. The summed E-state index contributed by atoms with van der Waals surface area (Å²) in [6.45, 7) is 2.78. The summed E-state index contributed by atoms with van der Waals surface area (Å²) in [5.74, 6) is 2.11. The zero-order valence-electron chi connectivity index (χ0n) is 10.8. The normalized spacial score (nSPS) is 17.0. The first kappa shape index (κ1) is 11.5. The van der Waals surface area contributed by atoms with E-state index in [0.29, 0.717) is 24.4 Å². The molecule has 3 rings (SSSR count). The fourth-order valence-electron chi connectivity index (χ4n) is 2.10. The van der Waals surface area contributed by atoms with Gasteiger partial charge in [-0.2, -0.15) is 4.98 Å². The zero-order valence-corrected chi connectivity index (χ0v) is 10.8. The van der Waals surface area contributed by atoms with Crippen LogP contribution < -0.4 is 5.32 Å². The quantitative estimate of drug-likeness (QED) is 0.877. The van der Waals surface area contributed by atoms with Crippen LogP contribution in [0.3, 0.4) is 0 Å². The van der Waals surface area contributed by atoms with Gasteiger partial charge in [-0.15, -0.1) is 0 Å². The molecule has 2 heterocycles. The van der Waals surface area contributed by atoms with Crippen molar-refractivity contribution < 1.29 is 4.52 Å². The molecule has 1 fully saturated rings. The molecule has 1 saturated carbocycles. The Balaban J connectivity index is 1.76. The molecule has 5 nitrogen and oxygen atoms in total.